The maximum atomic E-state index is 12.7. The van der Waals surface area contributed by atoms with Crippen molar-refractivity contribution in [1.82, 2.24) is 0 Å². The van der Waals surface area contributed by atoms with Crippen molar-refractivity contribution in [1.29, 1.82) is 0 Å². The molecule has 0 aromatic heterocycles. The van der Waals surface area contributed by atoms with E-state index in [1.165, 1.54) is 12.2 Å². The van der Waals surface area contributed by atoms with Crippen molar-refractivity contribution < 1.29 is 9.50 Å². The summed E-state index contributed by atoms with van der Waals surface area (Å²) in [6.45, 7) is 2.02. The van der Waals surface area contributed by atoms with Crippen LogP contribution in [0.4, 0.5) is 4.39 Å². The zero-order valence-electron chi connectivity index (χ0n) is 7.13. The predicted molar refractivity (Wildman–Crippen MR) is 47.3 cm³/mol. The van der Waals surface area contributed by atoms with Crippen LogP contribution in [0.2, 0.25) is 0 Å². The van der Waals surface area contributed by atoms with Gasteiger partial charge in [-0.05, 0) is 24.1 Å². The largest absolute Gasteiger partial charge is 0.396 e. The lowest BCUT2D eigenvalue weighted by Gasteiger charge is -2.07. The molecule has 0 aliphatic heterocycles. The van der Waals surface area contributed by atoms with Gasteiger partial charge >= 0.3 is 0 Å². The van der Waals surface area contributed by atoms with Crippen molar-refractivity contribution >= 4 is 0 Å². The molecule has 1 atom stereocenters. The fourth-order valence-electron chi connectivity index (χ4n) is 1.09. The van der Waals surface area contributed by atoms with E-state index in [0.717, 1.165) is 5.57 Å². The molecule has 66 valence electrons. The van der Waals surface area contributed by atoms with Crippen molar-refractivity contribution in [3.05, 3.63) is 35.7 Å². The molecule has 0 amide bonds. The second-order valence-corrected chi connectivity index (χ2v) is 2.95. The number of aliphatic hydroxyl groups is 1. The summed E-state index contributed by atoms with van der Waals surface area (Å²) in [4.78, 5) is 0. The molecule has 0 radical (unpaired) electrons. The molecule has 0 aromatic carbocycles. The van der Waals surface area contributed by atoms with Gasteiger partial charge < -0.3 is 5.11 Å². The lowest BCUT2D eigenvalue weighted by Crippen LogP contribution is -2.02. The summed E-state index contributed by atoms with van der Waals surface area (Å²) < 4.78 is 12.7. The Hall–Kier alpha value is -0.890. The van der Waals surface area contributed by atoms with E-state index >= 15 is 0 Å². The Morgan fingerprint density at radius 3 is 2.92 bits per heavy atom. The van der Waals surface area contributed by atoms with E-state index in [-0.39, 0.29) is 18.4 Å². The maximum Gasteiger partial charge on any atom is 0.119 e. The Morgan fingerprint density at radius 2 is 2.25 bits per heavy atom. The second-order valence-electron chi connectivity index (χ2n) is 2.95. The molecule has 0 fully saturated rings. The maximum absolute atomic E-state index is 12.7. The standard InChI is InChI=1S/C10H13FO/c1-8(7-12)9-3-2-4-10(11)6-5-9/h3-6,8,12H,2,7H2,1H3. The minimum absolute atomic E-state index is 0.0977. The summed E-state index contributed by atoms with van der Waals surface area (Å²) in [5.41, 5.74) is 1.00. The van der Waals surface area contributed by atoms with Crippen molar-refractivity contribution in [2.75, 3.05) is 6.61 Å². The summed E-state index contributed by atoms with van der Waals surface area (Å²) in [5, 5.41) is 8.86. The Morgan fingerprint density at radius 1 is 1.50 bits per heavy atom. The first kappa shape index (κ1) is 9.20. The van der Waals surface area contributed by atoms with Crippen molar-refractivity contribution in [2.24, 2.45) is 5.92 Å². The van der Waals surface area contributed by atoms with Gasteiger partial charge in [0.25, 0.3) is 0 Å². The van der Waals surface area contributed by atoms with Gasteiger partial charge in [-0.2, -0.15) is 0 Å². The average molecular weight is 168 g/mol. The first-order chi connectivity index (χ1) is 5.74. The molecule has 0 bridgehead atoms. The number of halogens is 1. The first-order valence-electron chi connectivity index (χ1n) is 4.08. The molecule has 0 heterocycles. The van der Waals surface area contributed by atoms with Crippen LogP contribution in [0.1, 0.15) is 13.3 Å². The van der Waals surface area contributed by atoms with Crippen LogP contribution in [0.15, 0.2) is 35.7 Å². The van der Waals surface area contributed by atoms with Crippen LogP contribution in [0.3, 0.4) is 0 Å². The molecular formula is C10H13FO. The summed E-state index contributed by atoms with van der Waals surface area (Å²) >= 11 is 0. The van der Waals surface area contributed by atoms with Gasteiger partial charge in [0.2, 0.25) is 0 Å². The number of hydrogen-bond acceptors (Lipinski definition) is 1. The molecule has 1 N–H and O–H groups in total. The molecule has 0 saturated heterocycles. The van der Waals surface area contributed by atoms with Crippen molar-refractivity contribution in [3.8, 4) is 0 Å². The molecule has 0 spiro atoms. The SMILES string of the molecule is CC(CO)C1=CCC=C(F)C=C1. The molecule has 0 saturated carbocycles. The average Bonchev–Trinajstić information content (AvgIpc) is 2.29. The van der Waals surface area contributed by atoms with E-state index in [1.807, 2.05) is 13.0 Å². The van der Waals surface area contributed by atoms with Gasteiger partial charge in [-0.3, -0.25) is 0 Å². The number of aliphatic hydroxyl groups excluding tert-OH is 1. The van der Waals surface area contributed by atoms with Crippen molar-refractivity contribution in [3.63, 3.8) is 0 Å². The van der Waals surface area contributed by atoms with E-state index in [0.29, 0.717) is 6.42 Å². The van der Waals surface area contributed by atoms with Crippen LogP contribution in [0.25, 0.3) is 0 Å². The number of rotatable bonds is 2. The normalized spacial score (nSPS) is 19.6. The van der Waals surface area contributed by atoms with Gasteiger partial charge in [0.15, 0.2) is 0 Å². The lowest BCUT2D eigenvalue weighted by molar-refractivity contribution is 0.257. The third-order valence-corrected chi connectivity index (χ3v) is 1.94. The highest BCUT2D eigenvalue weighted by molar-refractivity contribution is 5.30. The third kappa shape index (κ3) is 2.31. The van der Waals surface area contributed by atoms with E-state index < -0.39 is 0 Å². The minimum Gasteiger partial charge on any atom is -0.396 e. The van der Waals surface area contributed by atoms with Crippen LogP contribution >= 0.6 is 0 Å². The number of allylic oxidation sites excluding steroid dienone is 5. The molecule has 1 aliphatic rings. The third-order valence-electron chi connectivity index (χ3n) is 1.94. The summed E-state index contributed by atoms with van der Waals surface area (Å²) in [6, 6.07) is 0. The molecule has 1 rings (SSSR count). The summed E-state index contributed by atoms with van der Waals surface area (Å²) in [7, 11) is 0. The molecule has 12 heavy (non-hydrogen) atoms. The summed E-state index contributed by atoms with van der Waals surface area (Å²) in [5.74, 6) is -0.105. The quantitative estimate of drug-likeness (QED) is 0.671. The molecule has 2 heteroatoms. The van der Waals surface area contributed by atoms with E-state index in [2.05, 4.69) is 0 Å². The molecular weight excluding hydrogens is 155 g/mol. The molecule has 1 unspecified atom stereocenters. The number of hydrogen-bond donors (Lipinski definition) is 1. The van der Waals surface area contributed by atoms with E-state index in [4.69, 9.17) is 5.11 Å². The molecule has 1 aliphatic carbocycles. The second kappa shape index (κ2) is 4.21. The highest BCUT2D eigenvalue weighted by Gasteiger charge is 2.05. The van der Waals surface area contributed by atoms with Crippen molar-refractivity contribution in [2.45, 2.75) is 13.3 Å². The Kier molecular flexibility index (Phi) is 3.23. The topological polar surface area (TPSA) is 20.2 Å². The first-order valence-corrected chi connectivity index (χ1v) is 4.08. The summed E-state index contributed by atoms with van der Waals surface area (Å²) in [6.07, 6.45) is 7.22. The van der Waals surface area contributed by atoms with Crippen LogP contribution < -0.4 is 0 Å². The van der Waals surface area contributed by atoms with Crippen LogP contribution in [-0.4, -0.2) is 11.7 Å². The van der Waals surface area contributed by atoms with E-state index in [1.54, 1.807) is 6.08 Å². The Labute approximate surface area is 71.9 Å². The fraction of sp³-hybridized carbons (Fsp3) is 0.400. The molecule has 0 aromatic rings. The van der Waals surface area contributed by atoms with Crippen LogP contribution in [-0.2, 0) is 0 Å². The fourth-order valence-corrected chi connectivity index (χ4v) is 1.09. The highest BCUT2D eigenvalue weighted by Crippen LogP contribution is 2.17. The van der Waals surface area contributed by atoms with Crippen LogP contribution in [0.5, 0.6) is 0 Å². The minimum atomic E-state index is -0.202. The highest BCUT2D eigenvalue weighted by atomic mass is 19.1. The Balaban J connectivity index is 2.70. The van der Waals surface area contributed by atoms with Gasteiger partial charge in [0.1, 0.15) is 5.83 Å². The lowest BCUT2D eigenvalue weighted by atomic mass is 10.0. The van der Waals surface area contributed by atoms with Gasteiger partial charge in [-0.1, -0.05) is 19.1 Å². The monoisotopic (exact) mass is 168 g/mol. The van der Waals surface area contributed by atoms with Gasteiger partial charge in [0, 0.05) is 12.5 Å². The van der Waals surface area contributed by atoms with Gasteiger partial charge in [-0.15, -0.1) is 0 Å². The zero-order valence-corrected chi connectivity index (χ0v) is 7.13. The Bertz CT molecular complexity index is 238. The van der Waals surface area contributed by atoms with Gasteiger partial charge in [-0.25, -0.2) is 4.39 Å². The zero-order chi connectivity index (χ0) is 8.97. The van der Waals surface area contributed by atoms with E-state index in [9.17, 15) is 4.39 Å². The smallest absolute Gasteiger partial charge is 0.119 e. The predicted octanol–water partition coefficient (Wildman–Crippen LogP) is 2.35. The van der Waals surface area contributed by atoms with Crippen LogP contribution in [0, 0.1) is 5.92 Å². The molecule has 1 nitrogen and oxygen atoms in total. The van der Waals surface area contributed by atoms with Gasteiger partial charge in [0.05, 0.1) is 0 Å².